The van der Waals surface area contributed by atoms with Crippen LogP contribution in [0, 0.1) is 0 Å². The molecular weight excluding hydrogens is 364 g/mol. The molecule has 0 saturated carbocycles. The van der Waals surface area contributed by atoms with Crippen LogP contribution in [0.4, 0.5) is 5.69 Å². The molecule has 0 aliphatic carbocycles. The van der Waals surface area contributed by atoms with Gasteiger partial charge in [-0.25, -0.2) is 13.4 Å². The Hall–Kier alpha value is -1.48. The van der Waals surface area contributed by atoms with Crippen molar-refractivity contribution < 1.29 is 22.6 Å². The summed E-state index contributed by atoms with van der Waals surface area (Å²) >= 11 is 3.23. The number of hydrogen-bond donors (Lipinski definition) is 1. The zero-order valence-corrected chi connectivity index (χ0v) is 14.1. The molecule has 0 unspecified atom stereocenters. The number of hydrogen-bond acceptors (Lipinski definition) is 6. The number of rotatable bonds is 5. The van der Waals surface area contributed by atoms with Crippen molar-refractivity contribution in [1.82, 2.24) is 4.98 Å². The van der Waals surface area contributed by atoms with Gasteiger partial charge in [-0.05, 0) is 22.0 Å². The lowest BCUT2D eigenvalue weighted by molar-refractivity contribution is -0.119. The van der Waals surface area contributed by atoms with Gasteiger partial charge in [-0.1, -0.05) is 0 Å². The van der Waals surface area contributed by atoms with E-state index in [1.54, 1.807) is 19.9 Å². The highest BCUT2D eigenvalue weighted by Crippen LogP contribution is 2.28. The molecule has 1 aliphatic rings. The van der Waals surface area contributed by atoms with E-state index >= 15 is 0 Å². The monoisotopic (exact) mass is 378 g/mol. The van der Waals surface area contributed by atoms with Crippen LogP contribution in [0.5, 0.6) is 5.88 Å². The van der Waals surface area contributed by atoms with Gasteiger partial charge in [0.15, 0.2) is 12.4 Å². The lowest BCUT2D eigenvalue weighted by Gasteiger charge is -2.18. The molecule has 0 bridgehead atoms. The first-order valence-electron chi connectivity index (χ1n) is 5.97. The van der Waals surface area contributed by atoms with Crippen LogP contribution in [0.1, 0.15) is 13.8 Å². The molecule has 21 heavy (non-hydrogen) atoms. The van der Waals surface area contributed by atoms with Crippen molar-refractivity contribution in [2.24, 2.45) is 0 Å². The van der Waals surface area contributed by atoms with Gasteiger partial charge in [-0.2, -0.15) is 0 Å². The Kier molecular flexibility index (Phi) is 4.33. The van der Waals surface area contributed by atoms with E-state index in [-0.39, 0.29) is 18.2 Å². The average molecular weight is 379 g/mol. The van der Waals surface area contributed by atoms with Crippen molar-refractivity contribution in [2.75, 3.05) is 17.6 Å². The first-order valence-corrected chi connectivity index (χ1v) is 8.65. The highest BCUT2D eigenvalue weighted by Gasteiger charge is 2.28. The fourth-order valence-electron chi connectivity index (χ4n) is 1.59. The van der Waals surface area contributed by atoms with Crippen LogP contribution in [-0.4, -0.2) is 32.1 Å². The molecule has 7 nitrogen and oxygen atoms in total. The summed E-state index contributed by atoms with van der Waals surface area (Å²) < 4.78 is 41.9. The molecule has 9 heteroatoms. The number of ether oxygens (including phenoxy) is 3. The minimum atomic E-state index is -3.43. The largest absolute Gasteiger partial charge is 0.468 e. The summed E-state index contributed by atoms with van der Waals surface area (Å²) in [5.74, 6) is -0.0764. The molecule has 0 fully saturated rings. The van der Waals surface area contributed by atoms with Crippen LogP contribution in [0.3, 0.4) is 0 Å². The van der Waals surface area contributed by atoms with Crippen molar-refractivity contribution >= 4 is 31.6 Å². The predicted molar refractivity (Wildman–Crippen MR) is 80.2 cm³/mol. The molecule has 0 radical (unpaired) electrons. The molecule has 0 saturated heterocycles. The van der Waals surface area contributed by atoms with Gasteiger partial charge in [0.2, 0.25) is 21.7 Å². The van der Waals surface area contributed by atoms with Gasteiger partial charge in [0.1, 0.15) is 11.9 Å². The third kappa shape index (κ3) is 4.78. The van der Waals surface area contributed by atoms with Crippen LogP contribution in [0.2, 0.25) is 0 Å². The topological polar surface area (TPSA) is 86.8 Å². The van der Waals surface area contributed by atoms with E-state index in [0.717, 1.165) is 6.26 Å². The van der Waals surface area contributed by atoms with Crippen molar-refractivity contribution in [2.45, 2.75) is 19.6 Å². The zero-order chi connectivity index (χ0) is 15.7. The predicted octanol–water partition coefficient (Wildman–Crippen LogP) is 2.22. The van der Waals surface area contributed by atoms with Crippen molar-refractivity contribution in [3.8, 4) is 5.88 Å². The SMILES string of the molecule is CC1(C)OC=C(COc2ncc(Br)cc2NS(C)(=O)=O)O1. The molecule has 2 rings (SSSR count). The number of halogens is 1. The Labute approximate surface area is 131 Å². The third-order valence-electron chi connectivity index (χ3n) is 2.32. The van der Waals surface area contributed by atoms with E-state index in [9.17, 15) is 8.42 Å². The van der Waals surface area contributed by atoms with E-state index in [2.05, 4.69) is 25.6 Å². The summed E-state index contributed by atoms with van der Waals surface area (Å²) in [5.41, 5.74) is 0.241. The summed E-state index contributed by atoms with van der Waals surface area (Å²) in [4.78, 5) is 4.04. The molecule has 1 aliphatic heterocycles. The zero-order valence-electron chi connectivity index (χ0n) is 11.7. The maximum atomic E-state index is 11.3. The maximum absolute atomic E-state index is 11.3. The lowest BCUT2D eigenvalue weighted by Crippen LogP contribution is -2.21. The molecule has 116 valence electrons. The number of pyridine rings is 1. The van der Waals surface area contributed by atoms with E-state index < -0.39 is 15.8 Å². The normalized spacial score (nSPS) is 16.7. The number of sulfonamides is 1. The van der Waals surface area contributed by atoms with E-state index in [0.29, 0.717) is 10.2 Å². The molecule has 1 N–H and O–H groups in total. The Bertz CT molecular complexity index is 672. The lowest BCUT2D eigenvalue weighted by atomic mass is 10.4. The van der Waals surface area contributed by atoms with Gasteiger partial charge in [0, 0.05) is 24.5 Å². The molecular formula is C12H15BrN2O5S. The standard InChI is InChI=1S/C12H15BrN2O5S/c1-12(2)19-7-9(20-12)6-18-11-10(15-21(3,16)17)4-8(13)5-14-11/h4-5,7,15H,6H2,1-3H3. The second kappa shape index (κ2) is 5.72. The second-order valence-electron chi connectivity index (χ2n) is 4.87. The quantitative estimate of drug-likeness (QED) is 0.844. The average Bonchev–Trinajstić information content (AvgIpc) is 2.66. The number of nitrogens with one attached hydrogen (secondary N) is 1. The van der Waals surface area contributed by atoms with Gasteiger partial charge in [0.05, 0.1) is 6.26 Å². The number of aromatic nitrogens is 1. The highest BCUT2D eigenvalue weighted by molar-refractivity contribution is 9.10. The van der Waals surface area contributed by atoms with Gasteiger partial charge in [-0.15, -0.1) is 0 Å². The minimum Gasteiger partial charge on any atom is -0.468 e. The summed E-state index contributed by atoms with van der Waals surface area (Å²) in [6.45, 7) is 3.62. The molecule has 0 aromatic carbocycles. The summed E-state index contributed by atoms with van der Waals surface area (Å²) in [6.07, 6.45) is 4.02. The smallest absolute Gasteiger partial charge is 0.244 e. The minimum absolute atomic E-state index is 0.0799. The van der Waals surface area contributed by atoms with Gasteiger partial charge >= 0.3 is 0 Å². The molecule has 0 amide bonds. The van der Waals surface area contributed by atoms with Gasteiger partial charge in [-0.3, -0.25) is 4.72 Å². The Morgan fingerprint density at radius 1 is 1.48 bits per heavy atom. The van der Waals surface area contributed by atoms with Gasteiger partial charge < -0.3 is 14.2 Å². The molecule has 0 atom stereocenters. The molecule has 1 aromatic rings. The van der Waals surface area contributed by atoms with Crippen LogP contribution in [0.25, 0.3) is 0 Å². The summed E-state index contributed by atoms with van der Waals surface area (Å²) in [7, 11) is -3.43. The van der Waals surface area contributed by atoms with Crippen LogP contribution < -0.4 is 9.46 Å². The molecule has 2 heterocycles. The fourth-order valence-corrected chi connectivity index (χ4v) is 2.47. The number of anilines is 1. The number of nitrogens with zero attached hydrogens (tertiary/aromatic N) is 1. The second-order valence-corrected chi connectivity index (χ2v) is 7.54. The first kappa shape index (κ1) is 15.9. The maximum Gasteiger partial charge on any atom is 0.244 e. The van der Waals surface area contributed by atoms with E-state index in [1.807, 2.05) is 0 Å². The van der Waals surface area contributed by atoms with E-state index in [1.165, 1.54) is 12.5 Å². The van der Waals surface area contributed by atoms with Crippen molar-refractivity contribution in [3.05, 3.63) is 28.8 Å². The molecule has 0 spiro atoms. The van der Waals surface area contributed by atoms with Crippen LogP contribution in [0.15, 0.2) is 28.8 Å². The third-order valence-corrected chi connectivity index (χ3v) is 3.34. The van der Waals surface area contributed by atoms with Gasteiger partial charge in [0.25, 0.3) is 0 Å². The Balaban J connectivity index is 2.10. The molecule has 1 aromatic heterocycles. The van der Waals surface area contributed by atoms with E-state index in [4.69, 9.17) is 14.2 Å². The van der Waals surface area contributed by atoms with Crippen molar-refractivity contribution in [3.63, 3.8) is 0 Å². The highest BCUT2D eigenvalue weighted by atomic mass is 79.9. The Morgan fingerprint density at radius 2 is 2.19 bits per heavy atom. The summed E-state index contributed by atoms with van der Waals surface area (Å²) in [6, 6.07) is 1.56. The van der Waals surface area contributed by atoms with Crippen LogP contribution in [-0.2, 0) is 19.5 Å². The first-order chi connectivity index (χ1) is 9.65. The summed E-state index contributed by atoms with van der Waals surface area (Å²) in [5, 5.41) is 0. The van der Waals surface area contributed by atoms with Crippen molar-refractivity contribution in [1.29, 1.82) is 0 Å². The fraction of sp³-hybridized carbons (Fsp3) is 0.417. The van der Waals surface area contributed by atoms with Crippen LogP contribution >= 0.6 is 15.9 Å². The Morgan fingerprint density at radius 3 is 2.76 bits per heavy atom.